The van der Waals surface area contributed by atoms with Crippen LogP contribution in [0.4, 0.5) is 0 Å². The minimum atomic E-state index is -0.155. The van der Waals surface area contributed by atoms with Gasteiger partial charge in [0.2, 0.25) is 0 Å². The van der Waals surface area contributed by atoms with Gasteiger partial charge in [-0.05, 0) is 101 Å². The molecule has 0 radical (unpaired) electrons. The molecule has 10 heteroatoms. The van der Waals surface area contributed by atoms with Gasteiger partial charge in [0, 0.05) is 31.7 Å². The summed E-state index contributed by atoms with van der Waals surface area (Å²) in [6.45, 7) is 32.3. The summed E-state index contributed by atoms with van der Waals surface area (Å²) in [6, 6.07) is 26.4. The summed E-state index contributed by atoms with van der Waals surface area (Å²) in [7, 11) is 3.61. The molecule has 0 fully saturated rings. The fraction of sp³-hybridized carbons (Fsp3) is 0.531. The van der Waals surface area contributed by atoms with E-state index in [1.165, 1.54) is 22.3 Å². The smallest absolute Gasteiger partial charge is 0.126 e. The summed E-state index contributed by atoms with van der Waals surface area (Å²) in [5.74, 6) is 4.90. The Bertz CT molecular complexity index is 2380. The second kappa shape index (κ2) is 24.6. The first-order chi connectivity index (χ1) is 35.1. The molecule has 1 aliphatic carbocycles. The first kappa shape index (κ1) is 56.5. The monoisotopic (exact) mass is 1010 g/mol. The summed E-state index contributed by atoms with van der Waals surface area (Å²) >= 11 is 0. The predicted octanol–water partition coefficient (Wildman–Crippen LogP) is 12.9. The first-order valence-corrected chi connectivity index (χ1v) is 26.8. The molecule has 0 amide bonds. The Labute approximate surface area is 443 Å². The van der Waals surface area contributed by atoms with E-state index in [9.17, 15) is 0 Å². The fourth-order valence-electron chi connectivity index (χ4n) is 9.66. The Morgan fingerprint density at radius 2 is 0.554 bits per heavy atom. The van der Waals surface area contributed by atoms with E-state index in [1.807, 2.05) is 24.3 Å². The Balaban J connectivity index is 1.41. The number of rotatable bonds is 2. The van der Waals surface area contributed by atoms with Crippen molar-refractivity contribution in [1.82, 2.24) is 0 Å². The van der Waals surface area contributed by atoms with E-state index in [0.717, 1.165) is 67.5 Å². The van der Waals surface area contributed by atoms with E-state index in [-0.39, 0.29) is 21.7 Å². The molecule has 12 bridgehead atoms. The second-order valence-electron chi connectivity index (χ2n) is 23.9. The van der Waals surface area contributed by atoms with Crippen molar-refractivity contribution in [3.8, 4) is 34.5 Å². The highest BCUT2D eigenvalue weighted by Gasteiger charge is 2.29. The van der Waals surface area contributed by atoms with Crippen LogP contribution in [-0.2, 0) is 66.3 Å². The number of methoxy groups -OCH3 is 2. The quantitative estimate of drug-likeness (QED) is 0.156. The lowest BCUT2D eigenvalue weighted by atomic mass is 9.79. The van der Waals surface area contributed by atoms with Crippen LogP contribution in [0.2, 0.25) is 0 Å². The second-order valence-corrected chi connectivity index (χ2v) is 23.9. The molecule has 0 saturated heterocycles. The Morgan fingerprint density at radius 3 is 0.811 bits per heavy atom. The van der Waals surface area contributed by atoms with Gasteiger partial charge in [-0.3, -0.25) is 0 Å². The molecule has 2 aliphatic heterocycles. The lowest BCUT2D eigenvalue weighted by Gasteiger charge is -2.29. The first-order valence-electron chi connectivity index (χ1n) is 26.8. The standard InChI is InChI=1S/C64H86O10/c1-61(2,3)51-34-43-30-47-38-53(63(7,8)9)40-49-32-45-36-52(62(4,5)6)37-46(58(45)66-14)33-50-41-54(64(10,11)12)39-48(31-44(35-51)57(43)65-13)60(50)74-29-25-70-21-19-68-23-27-72-56-17-15-16-55(42-56)71-26-22-67-18-20-69-24-28-73-59(47)49/h15-17,34-42H,18-33H2,1-14H3. The van der Waals surface area contributed by atoms with E-state index < -0.39 is 0 Å². The van der Waals surface area contributed by atoms with E-state index in [0.29, 0.717) is 116 Å². The zero-order valence-corrected chi connectivity index (χ0v) is 47.3. The number of hydrogen-bond donors (Lipinski definition) is 0. The Hall–Kier alpha value is -5.26. The summed E-state index contributed by atoms with van der Waals surface area (Å²) < 4.78 is 63.3. The van der Waals surface area contributed by atoms with Crippen LogP contribution in [-0.4, -0.2) is 93.5 Å². The van der Waals surface area contributed by atoms with Gasteiger partial charge >= 0.3 is 0 Å². The van der Waals surface area contributed by atoms with Crippen molar-refractivity contribution in [3.63, 3.8) is 0 Å². The summed E-state index contributed by atoms with van der Waals surface area (Å²) in [5.41, 5.74) is 13.1. The van der Waals surface area contributed by atoms with Crippen LogP contribution >= 0.6 is 0 Å². The molecule has 5 aromatic rings. The number of ether oxygens (including phenoxy) is 10. The maximum absolute atomic E-state index is 7.04. The van der Waals surface area contributed by atoms with Crippen molar-refractivity contribution >= 4 is 0 Å². The third kappa shape index (κ3) is 15.0. The number of benzene rings is 5. The van der Waals surface area contributed by atoms with E-state index in [1.54, 1.807) is 14.2 Å². The van der Waals surface area contributed by atoms with Gasteiger partial charge in [-0.2, -0.15) is 0 Å². The van der Waals surface area contributed by atoms with Gasteiger partial charge in [0.1, 0.15) is 60.9 Å². The normalized spacial score (nSPS) is 16.4. The van der Waals surface area contributed by atoms with Crippen molar-refractivity contribution in [2.24, 2.45) is 0 Å². The summed E-state index contributed by atoms with van der Waals surface area (Å²) in [6.07, 6.45) is 2.34. The minimum absolute atomic E-state index is 0.153. The van der Waals surface area contributed by atoms with E-state index in [2.05, 4.69) is 132 Å². The Kier molecular flexibility index (Phi) is 18.8. The lowest BCUT2D eigenvalue weighted by Crippen LogP contribution is -2.18. The van der Waals surface area contributed by atoms with Gasteiger partial charge in [0.05, 0.1) is 67.1 Å². The van der Waals surface area contributed by atoms with Crippen LogP contribution < -0.4 is 28.4 Å². The molecule has 0 unspecified atom stereocenters. The van der Waals surface area contributed by atoms with Crippen LogP contribution in [0.25, 0.3) is 0 Å². The lowest BCUT2D eigenvalue weighted by molar-refractivity contribution is 0.0265. The van der Waals surface area contributed by atoms with Gasteiger partial charge in [-0.15, -0.1) is 0 Å². The molecular weight excluding hydrogens is 929 g/mol. The maximum Gasteiger partial charge on any atom is 0.126 e. The highest BCUT2D eigenvalue weighted by atomic mass is 16.6. The zero-order chi connectivity index (χ0) is 53.3. The van der Waals surface area contributed by atoms with Crippen molar-refractivity contribution in [2.45, 2.75) is 130 Å². The number of fused-ring (bicyclic) bond motifs is 18. The third-order valence-corrected chi connectivity index (χ3v) is 13.9. The molecule has 2 heterocycles. The van der Waals surface area contributed by atoms with Crippen molar-refractivity contribution in [1.29, 1.82) is 0 Å². The largest absolute Gasteiger partial charge is 0.496 e. The minimum Gasteiger partial charge on any atom is -0.496 e. The molecular formula is C64H86O10. The molecule has 74 heavy (non-hydrogen) atoms. The van der Waals surface area contributed by atoms with Gasteiger partial charge in [0.25, 0.3) is 0 Å². The van der Waals surface area contributed by atoms with E-state index in [4.69, 9.17) is 47.4 Å². The van der Waals surface area contributed by atoms with Gasteiger partial charge in [0.15, 0.2) is 0 Å². The van der Waals surface area contributed by atoms with E-state index >= 15 is 0 Å². The van der Waals surface area contributed by atoms with Gasteiger partial charge < -0.3 is 47.4 Å². The summed E-state index contributed by atoms with van der Waals surface area (Å²) in [5, 5.41) is 0. The zero-order valence-electron chi connectivity index (χ0n) is 47.3. The molecule has 0 saturated carbocycles. The van der Waals surface area contributed by atoms with Crippen LogP contribution in [0, 0.1) is 0 Å². The molecule has 3 aliphatic rings. The number of hydrogen-bond acceptors (Lipinski definition) is 10. The third-order valence-electron chi connectivity index (χ3n) is 13.9. The molecule has 0 spiro atoms. The van der Waals surface area contributed by atoms with Crippen LogP contribution in [0.1, 0.15) is 150 Å². The average Bonchev–Trinajstić information content (AvgIpc) is 3.32. The van der Waals surface area contributed by atoms with Crippen molar-refractivity contribution in [2.75, 3.05) is 93.5 Å². The molecule has 402 valence electrons. The fourth-order valence-corrected chi connectivity index (χ4v) is 9.66. The van der Waals surface area contributed by atoms with Crippen LogP contribution in [0.15, 0.2) is 72.8 Å². The average molecular weight is 1020 g/mol. The van der Waals surface area contributed by atoms with Crippen LogP contribution in [0.3, 0.4) is 0 Å². The van der Waals surface area contributed by atoms with Crippen molar-refractivity contribution < 1.29 is 47.4 Å². The molecule has 0 atom stereocenters. The molecule has 0 aromatic heterocycles. The van der Waals surface area contributed by atoms with Gasteiger partial charge in [-0.1, -0.05) is 138 Å². The van der Waals surface area contributed by atoms with Gasteiger partial charge in [-0.25, -0.2) is 0 Å². The Morgan fingerprint density at radius 1 is 0.311 bits per heavy atom. The highest BCUT2D eigenvalue weighted by Crippen LogP contribution is 2.44. The van der Waals surface area contributed by atoms with Crippen molar-refractivity contribution in [3.05, 3.63) is 140 Å². The topological polar surface area (TPSA) is 92.3 Å². The maximum atomic E-state index is 7.04. The molecule has 0 N–H and O–H groups in total. The molecule has 5 aromatic carbocycles. The summed E-state index contributed by atoms with van der Waals surface area (Å²) in [4.78, 5) is 0. The SMILES string of the molecule is COc1c2cc(C(C)(C)C)cc1Cc1cc(C(C)(C)C)cc3c1OCCOCCOCCOc1cccc(c1)OCCOCCOCCOc1c(cc(C(C)(C)C)cc1Cc1cc(C(C)(C)C)cc(c1OC)C3)C2. The predicted molar refractivity (Wildman–Crippen MR) is 297 cm³/mol. The molecule has 8 rings (SSSR count). The highest BCUT2D eigenvalue weighted by molar-refractivity contribution is 5.60. The van der Waals surface area contributed by atoms with Crippen LogP contribution in [0.5, 0.6) is 34.5 Å². The molecule has 10 nitrogen and oxygen atoms in total.